The lowest BCUT2D eigenvalue weighted by Gasteiger charge is -2.01. The Morgan fingerprint density at radius 1 is 0.400 bits per heavy atom. The van der Waals surface area contributed by atoms with Gasteiger partial charge in [-0.25, -0.2) is 0 Å². The van der Waals surface area contributed by atoms with Gasteiger partial charge in [0.2, 0.25) is 0 Å². The van der Waals surface area contributed by atoms with Crippen molar-refractivity contribution in [1.82, 2.24) is 0 Å². The molecule has 0 radical (unpaired) electrons. The van der Waals surface area contributed by atoms with Gasteiger partial charge in [0.25, 0.3) is 0 Å². The highest BCUT2D eigenvalue weighted by molar-refractivity contribution is 5.66. The van der Waals surface area contributed by atoms with Crippen molar-refractivity contribution in [1.29, 1.82) is 0 Å². The fraction of sp³-hybridized carbons (Fsp3) is 0.923. The Labute approximate surface area is 187 Å². The van der Waals surface area contributed by atoms with Crippen molar-refractivity contribution >= 4 is 11.9 Å². The highest BCUT2D eigenvalue weighted by Gasteiger charge is 1.97. The van der Waals surface area contributed by atoms with Gasteiger partial charge in [-0.15, -0.1) is 0 Å². The monoisotopic (exact) mass is 428 g/mol. The Kier molecular flexibility index (Phi) is 29.0. The van der Waals surface area contributed by atoms with Crippen molar-refractivity contribution in [3.05, 3.63) is 0 Å². The van der Waals surface area contributed by atoms with Crippen LogP contribution in [0.1, 0.15) is 155 Å². The zero-order valence-corrected chi connectivity index (χ0v) is 20.3. The number of unbranched alkanes of at least 4 members (excludes halogenated alkanes) is 18. The Morgan fingerprint density at radius 3 is 0.800 bits per heavy atom. The molecule has 0 aromatic rings. The highest BCUT2D eigenvalue weighted by atomic mass is 16.4. The maximum atomic E-state index is 10.3. The topological polar surface area (TPSA) is 74.6 Å². The van der Waals surface area contributed by atoms with Crippen LogP contribution in [0.15, 0.2) is 0 Å². The summed E-state index contributed by atoms with van der Waals surface area (Å²) in [5.41, 5.74) is 0. The molecule has 0 unspecified atom stereocenters. The first-order chi connectivity index (χ1) is 14.5. The van der Waals surface area contributed by atoms with E-state index < -0.39 is 11.9 Å². The van der Waals surface area contributed by atoms with Gasteiger partial charge in [0.15, 0.2) is 0 Å². The minimum Gasteiger partial charge on any atom is -0.481 e. The molecule has 30 heavy (non-hydrogen) atoms. The smallest absolute Gasteiger partial charge is 0.303 e. The highest BCUT2D eigenvalue weighted by Crippen LogP contribution is 2.12. The molecule has 0 aliphatic rings. The van der Waals surface area contributed by atoms with Gasteiger partial charge in [-0.2, -0.15) is 0 Å². The first kappa shape index (κ1) is 31.1. The fourth-order valence-corrected chi connectivity index (χ4v) is 3.53. The summed E-state index contributed by atoms with van der Waals surface area (Å²) in [6.45, 7) is 4.48. The summed E-state index contributed by atoms with van der Waals surface area (Å²) in [5.74, 6) is -1.32. The summed E-state index contributed by atoms with van der Waals surface area (Å²) in [4.78, 5) is 20.5. The number of carboxylic acids is 2. The molecular formula is C26H52O4. The molecule has 4 heteroatoms. The van der Waals surface area contributed by atoms with E-state index in [-0.39, 0.29) is 0 Å². The van der Waals surface area contributed by atoms with Gasteiger partial charge in [-0.3, -0.25) is 9.59 Å². The third kappa shape index (κ3) is 34.4. The van der Waals surface area contributed by atoms with E-state index in [0.717, 1.165) is 25.7 Å². The molecule has 0 amide bonds. The van der Waals surface area contributed by atoms with Gasteiger partial charge in [0.1, 0.15) is 0 Å². The van der Waals surface area contributed by atoms with Crippen molar-refractivity contribution in [2.75, 3.05) is 0 Å². The maximum absolute atomic E-state index is 10.3. The molecule has 0 atom stereocenters. The zero-order valence-electron chi connectivity index (χ0n) is 20.3. The van der Waals surface area contributed by atoms with Crippen molar-refractivity contribution in [3.63, 3.8) is 0 Å². The van der Waals surface area contributed by atoms with Crippen LogP contribution < -0.4 is 0 Å². The van der Waals surface area contributed by atoms with Crippen LogP contribution in [-0.4, -0.2) is 22.2 Å². The van der Waals surface area contributed by atoms with Crippen LogP contribution in [0.25, 0.3) is 0 Å². The second-order valence-electron chi connectivity index (χ2n) is 8.65. The van der Waals surface area contributed by atoms with Gasteiger partial charge >= 0.3 is 11.9 Å². The average molecular weight is 429 g/mol. The molecule has 2 N–H and O–H groups in total. The second kappa shape index (κ2) is 27.9. The lowest BCUT2D eigenvalue weighted by molar-refractivity contribution is -0.138. The van der Waals surface area contributed by atoms with Crippen molar-refractivity contribution in [2.45, 2.75) is 155 Å². The van der Waals surface area contributed by atoms with Gasteiger partial charge in [-0.1, -0.05) is 129 Å². The summed E-state index contributed by atoms with van der Waals surface area (Å²) in [6, 6.07) is 0. The molecule has 0 saturated heterocycles. The Bertz CT molecular complexity index is 355. The molecule has 0 aliphatic carbocycles. The van der Waals surface area contributed by atoms with Crippen LogP contribution in [0.4, 0.5) is 0 Å². The summed E-state index contributed by atoms with van der Waals surface area (Å²) >= 11 is 0. The van der Waals surface area contributed by atoms with Gasteiger partial charge in [-0.05, 0) is 12.8 Å². The molecule has 0 spiro atoms. The molecule has 0 fully saturated rings. The molecule has 4 nitrogen and oxygen atoms in total. The van der Waals surface area contributed by atoms with Crippen LogP contribution in [0.5, 0.6) is 0 Å². The van der Waals surface area contributed by atoms with E-state index >= 15 is 0 Å². The minimum atomic E-state index is -0.659. The van der Waals surface area contributed by atoms with Crippen molar-refractivity contribution < 1.29 is 19.8 Å². The SMILES string of the molecule is CCCCCCCCCCCC(=O)O.CCCCCCCCCCCCCC(=O)O. The molecule has 0 bridgehead atoms. The van der Waals surface area contributed by atoms with Crippen LogP contribution in [0.3, 0.4) is 0 Å². The molecule has 0 saturated carbocycles. The number of rotatable bonds is 22. The van der Waals surface area contributed by atoms with Crippen LogP contribution >= 0.6 is 0 Å². The van der Waals surface area contributed by atoms with Crippen LogP contribution in [0.2, 0.25) is 0 Å². The third-order valence-electron chi connectivity index (χ3n) is 5.49. The first-order valence-electron chi connectivity index (χ1n) is 13.0. The van der Waals surface area contributed by atoms with E-state index in [2.05, 4.69) is 13.8 Å². The summed E-state index contributed by atoms with van der Waals surface area (Å²) < 4.78 is 0. The molecule has 0 aliphatic heterocycles. The summed E-state index contributed by atoms with van der Waals surface area (Å²) in [6.07, 6.45) is 25.8. The van der Waals surface area contributed by atoms with Gasteiger partial charge in [0.05, 0.1) is 0 Å². The summed E-state index contributed by atoms with van der Waals surface area (Å²) in [5, 5.41) is 16.9. The van der Waals surface area contributed by atoms with E-state index in [1.807, 2.05) is 0 Å². The van der Waals surface area contributed by atoms with Crippen LogP contribution in [-0.2, 0) is 9.59 Å². The quantitative estimate of drug-likeness (QED) is 0.169. The summed E-state index contributed by atoms with van der Waals surface area (Å²) in [7, 11) is 0. The normalized spacial score (nSPS) is 10.5. The zero-order chi connectivity index (χ0) is 22.7. The second-order valence-corrected chi connectivity index (χ2v) is 8.65. The Hall–Kier alpha value is -1.06. The van der Waals surface area contributed by atoms with E-state index in [1.54, 1.807) is 0 Å². The van der Waals surface area contributed by atoms with Crippen molar-refractivity contribution in [3.8, 4) is 0 Å². The predicted molar refractivity (Wildman–Crippen MR) is 128 cm³/mol. The van der Waals surface area contributed by atoms with E-state index in [1.165, 1.54) is 103 Å². The lowest BCUT2D eigenvalue weighted by Crippen LogP contribution is -1.93. The molecule has 0 aromatic heterocycles. The minimum absolute atomic E-state index is 0.343. The number of carbonyl (C=O) groups is 2. The van der Waals surface area contributed by atoms with E-state index in [0.29, 0.717) is 12.8 Å². The number of hydrogen-bond donors (Lipinski definition) is 2. The molecule has 180 valence electrons. The average Bonchev–Trinajstić information content (AvgIpc) is 2.71. The molecule has 0 heterocycles. The molecule has 0 aromatic carbocycles. The fourth-order valence-electron chi connectivity index (χ4n) is 3.53. The number of hydrogen-bond acceptors (Lipinski definition) is 2. The van der Waals surface area contributed by atoms with Crippen molar-refractivity contribution in [2.24, 2.45) is 0 Å². The lowest BCUT2D eigenvalue weighted by atomic mass is 10.1. The molecular weight excluding hydrogens is 376 g/mol. The Balaban J connectivity index is 0. The number of carboxylic acid groups (broad SMARTS) is 2. The Morgan fingerprint density at radius 2 is 0.600 bits per heavy atom. The van der Waals surface area contributed by atoms with Crippen LogP contribution in [0, 0.1) is 0 Å². The van der Waals surface area contributed by atoms with E-state index in [4.69, 9.17) is 10.2 Å². The van der Waals surface area contributed by atoms with Gasteiger partial charge in [0, 0.05) is 12.8 Å². The predicted octanol–water partition coefficient (Wildman–Crippen LogP) is 8.76. The standard InChI is InChI=1S/C14H28O2.C12H24O2/c1-2-3-4-5-6-7-8-9-10-11-12-13-14(15)16;1-2-3-4-5-6-7-8-9-10-11-12(13)14/h2-13H2,1H3,(H,15,16);2-11H2,1H3,(H,13,14). The largest absolute Gasteiger partial charge is 0.481 e. The third-order valence-corrected chi connectivity index (χ3v) is 5.49. The van der Waals surface area contributed by atoms with E-state index in [9.17, 15) is 9.59 Å². The van der Waals surface area contributed by atoms with Gasteiger partial charge < -0.3 is 10.2 Å². The number of aliphatic carboxylic acids is 2. The maximum Gasteiger partial charge on any atom is 0.303 e. The molecule has 0 rings (SSSR count). The first-order valence-corrected chi connectivity index (χ1v) is 13.0.